The van der Waals surface area contributed by atoms with E-state index in [1.165, 1.54) is 4.90 Å². The molecule has 1 aliphatic carbocycles. The number of amides is 4. The lowest BCUT2D eigenvalue weighted by Gasteiger charge is -2.30. The minimum Gasteiger partial charge on any atom is -0.352 e. The van der Waals surface area contributed by atoms with Crippen LogP contribution in [0.5, 0.6) is 0 Å². The van der Waals surface area contributed by atoms with Crippen molar-refractivity contribution < 1.29 is 19.2 Å². The summed E-state index contributed by atoms with van der Waals surface area (Å²) < 4.78 is 0. The van der Waals surface area contributed by atoms with Crippen molar-refractivity contribution in [3.8, 4) is 0 Å². The predicted octanol–water partition coefficient (Wildman–Crippen LogP) is 2.70. The number of likely N-dealkylation sites (tertiary alicyclic amines) is 1. The average molecular weight is 454 g/mol. The summed E-state index contributed by atoms with van der Waals surface area (Å²) in [4.78, 5) is 54.3. The third kappa shape index (κ3) is 5.89. The molecule has 4 atom stereocenters. The Kier molecular flexibility index (Phi) is 8.42. The maximum atomic E-state index is 13.2. The largest absolute Gasteiger partial charge is 0.352 e. The van der Waals surface area contributed by atoms with Crippen LogP contribution in [0.15, 0.2) is 42.5 Å². The van der Waals surface area contributed by atoms with Gasteiger partial charge < -0.3 is 10.2 Å². The predicted molar refractivity (Wildman–Crippen MR) is 126 cm³/mol. The number of rotatable bonds is 10. The lowest BCUT2D eigenvalue weighted by atomic mass is 9.85. The van der Waals surface area contributed by atoms with Gasteiger partial charge in [0.25, 0.3) is 0 Å². The summed E-state index contributed by atoms with van der Waals surface area (Å²) in [6.45, 7) is 6.10. The van der Waals surface area contributed by atoms with E-state index in [-0.39, 0.29) is 54.5 Å². The Balaban J connectivity index is 1.66. The van der Waals surface area contributed by atoms with E-state index in [1.807, 2.05) is 56.3 Å². The Morgan fingerprint density at radius 1 is 1.06 bits per heavy atom. The molecule has 1 fully saturated rings. The number of fused-ring (bicyclic) bond motifs is 1. The van der Waals surface area contributed by atoms with Gasteiger partial charge in [-0.2, -0.15) is 0 Å². The monoisotopic (exact) mass is 453 g/mol. The molecule has 2 aliphatic rings. The zero-order valence-electron chi connectivity index (χ0n) is 19.8. The molecule has 3 rings (SSSR count). The average Bonchev–Trinajstić information content (AvgIpc) is 3.07. The van der Waals surface area contributed by atoms with Crippen LogP contribution in [0.2, 0.25) is 0 Å². The van der Waals surface area contributed by atoms with Crippen molar-refractivity contribution in [2.24, 2.45) is 11.8 Å². The van der Waals surface area contributed by atoms with Gasteiger partial charge in [-0.15, -0.1) is 0 Å². The quantitative estimate of drug-likeness (QED) is 0.436. The number of carbonyl (C=O) groups is 4. The van der Waals surface area contributed by atoms with Crippen molar-refractivity contribution in [1.82, 2.24) is 15.1 Å². The van der Waals surface area contributed by atoms with Gasteiger partial charge in [-0.25, -0.2) is 0 Å². The van der Waals surface area contributed by atoms with Crippen LogP contribution in [0.1, 0.15) is 52.0 Å². The maximum absolute atomic E-state index is 13.2. The van der Waals surface area contributed by atoms with Gasteiger partial charge in [0.1, 0.15) is 6.04 Å². The maximum Gasteiger partial charge on any atom is 0.242 e. The fourth-order valence-corrected chi connectivity index (χ4v) is 4.48. The fourth-order valence-electron chi connectivity index (χ4n) is 4.48. The zero-order chi connectivity index (χ0) is 24.0. The van der Waals surface area contributed by atoms with E-state index in [2.05, 4.69) is 5.32 Å². The van der Waals surface area contributed by atoms with Crippen LogP contribution >= 0.6 is 0 Å². The molecule has 1 aromatic carbocycles. The minimum absolute atomic E-state index is 0.0140. The molecule has 0 saturated carbocycles. The molecule has 7 nitrogen and oxygen atoms in total. The highest BCUT2D eigenvalue weighted by molar-refractivity contribution is 6.05. The number of benzene rings is 1. The highest BCUT2D eigenvalue weighted by Crippen LogP contribution is 2.35. The van der Waals surface area contributed by atoms with E-state index in [1.54, 1.807) is 11.8 Å². The van der Waals surface area contributed by atoms with Gasteiger partial charge in [-0.3, -0.25) is 24.1 Å². The molecule has 0 unspecified atom stereocenters. The third-order valence-electron chi connectivity index (χ3n) is 6.80. The van der Waals surface area contributed by atoms with Gasteiger partial charge in [0, 0.05) is 25.6 Å². The molecule has 1 saturated heterocycles. The van der Waals surface area contributed by atoms with Gasteiger partial charge in [0.15, 0.2) is 0 Å². The van der Waals surface area contributed by atoms with Gasteiger partial charge in [-0.05, 0) is 45.1 Å². The summed E-state index contributed by atoms with van der Waals surface area (Å²) in [6, 6.07) is 9.17. The topological polar surface area (TPSA) is 86.8 Å². The molecule has 0 spiro atoms. The summed E-state index contributed by atoms with van der Waals surface area (Å²) in [5.41, 5.74) is 1.08. The first-order valence-corrected chi connectivity index (χ1v) is 12.0. The molecule has 0 radical (unpaired) electrons. The van der Waals surface area contributed by atoms with Crippen LogP contribution in [0.4, 0.5) is 0 Å². The van der Waals surface area contributed by atoms with Crippen molar-refractivity contribution in [1.29, 1.82) is 0 Å². The second-order valence-corrected chi connectivity index (χ2v) is 9.05. The Morgan fingerprint density at radius 2 is 1.67 bits per heavy atom. The van der Waals surface area contributed by atoms with Crippen molar-refractivity contribution >= 4 is 23.6 Å². The summed E-state index contributed by atoms with van der Waals surface area (Å²) in [5, 5.41) is 2.95. The second kappa shape index (κ2) is 11.3. The second-order valence-electron chi connectivity index (χ2n) is 9.05. The van der Waals surface area contributed by atoms with Crippen molar-refractivity contribution in [3.63, 3.8) is 0 Å². The number of hydrogen-bond acceptors (Lipinski definition) is 4. The number of imide groups is 1. The van der Waals surface area contributed by atoms with E-state index < -0.39 is 6.04 Å². The highest BCUT2D eigenvalue weighted by atomic mass is 16.2. The molecule has 1 N–H and O–H groups in total. The standard InChI is InChI=1S/C26H35N3O4/c1-4-18(2)27-24(31)19(3)28(16-14-20-10-6-5-7-11-20)23(30)15-17-29-25(32)21-12-8-9-13-22(21)26(29)33/h5-11,18-19,21-22H,4,12-17H2,1-3H3,(H,27,31)/t18-,19-,21-,22+/m0/s1. The smallest absolute Gasteiger partial charge is 0.242 e. The first kappa shape index (κ1) is 24.7. The van der Waals surface area contributed by atoms with Crippen LogP contribution in [0.3, 0.4) is 0 Å². The molecule has 0 aromatic heterocycles. The SMILES string of the molecule is CC[C@H](C)NC(=O)[C@H](C)N(CCc1ccccc1)C(=O)CCN1C(=O)[C@H]2CC=CC[C@H]2C1=O. The number of hydrogen-bond donors (Lipinski definition) is 1. The van der Waals surface area contributed by atoms with E-state index in [9.17, 15) is 19.2 Å². The molecule has 1 aromatic rings. The molecule has 7 heteroatoms. The van der Waals surface area contributed by atoms with E-state index in [4.69, 9.17) is 0 Å². The van der Waals surface area contributed by atoms with Crippen molar-refractivity contribution in [3.05, 3.63) is 48.0 Å². The molecule has 178 valence electrons. The van der Waals surface area contributed by atoms with Crippen molar-refractivity contribution in [2.45, 2.75) is 65.0 Å². The number of nitrogens with zero attached hydrogens (tertiary/aromatic N) is 2. The Hall–Kier alpha value is -2.96. The van der Waals surface area contributed by atoms with Crippen LogP contribution in [-0.4, -0.2) is 58.6 Å². The molecule has 0 bridgehead atoms. The fraction of sp³-hybridized carbons (Fsp3) is 0.538. The summed E-state index contributed by atoms with van der Waals surface area (Å²) in [7, 11) is 0. The zero-order valence-corrected chi connectivity index (χ0v) is 19.8. The third-order valence-corrected chi connectivity index (χ3v) is 6.80. The number of carbonyl (C=O) groups excluding carboxylic acids is 4. The van der Waals surface area contributed by atoms with Gasteiger partial charge >= 0.3 is 0 Å². The van der Waals surface area contributed by atoms with Crippen LogP contribution < -0.4 is 5.32 Å². The van der Waals surface area contributed by atoms with Crippen molar-refractivity contribution in [2.75, 3.05) is 13.1 Å². The Bertz CT molecular complexity index is 872. The van der Waals surface area contributed by atoms with Crippen LogP contribution in [0, 0.1) is 11.8 Å². The van der Waals surface area contributed by atoms with Crippen LogP contribution in [0.25, 0.3) is 0 Å². The summed E-state index contributed by atoms with van der Waals surface area (Å²) >= 11 is 0. The Morgan fingerprint density at radius 3 is 2.24 bits per heavy atom. The first-order valence-electron chi connectivity index (χ1n) is 12.0. The summed E-state index contributed by atoms with van der Waals surface area (Å²) in [5.74, 6) is -1.39. The number of allylic oxidation sites excluding steroid dienone is 2. The molecular weight excluding hydrogens is 418 g/mol. The number of nitrogens with one attached hydrogen (secondary N) is 1. The van der Waals surface area contributed by atoms with E-state index in [0.29, 0.717) is 25.8 Å². The van der Waals surface area contributed by atoms with Gasteiger partial charge in [0.05, 0.1) is 11.8 Å². The molecule has 33 heavy (non-hydrogen) atoms. The van der Waals surface area contributed by atoms with Gasteiger partial charge in [-0.1, -0.05) is 49.4 Å². The Labute approximate surface area is 196 Å². The molecule has 1 heterocycles. The normalized spacial score (nSPS) is 21.5. The van der Waals surface area contributed by atoms with Crippen LogP contribution in [-0.2, 0) is 25.6 Å². The molecule has 1 aliphatic heterocycles. The minimum atomic E-state index is -0.646. The lowest BCUT2D eigenvalue weighted by Crippen LogP contribution is -2.51. The first-order chi connectivity index (χ1) is 15.8. The highest BCUT2D eigenvalue weighted by Gasteiger charge is 2.47. The molecule has 4 amide bonds. The lowest BCUT2D eigenvalue weighted by molar-refractivity contribution is -0.143. The van der Waals surface area contributed by atoms with E-state index in [0.717, 1.165) is 12.0 Å². The summed E-state index contributed by atoms with van der Waals surface area (Å²) in [6.07, 6.45) is 6.48. The van der Waals surface area contributed by atoms with Gasteiger partial charge in [0.2, 0.25) is 23.6 Å². The van der Waals surface area contributed by atoms with E-state index >= 15 is 0 Å². The molecular formula is C26H35N3O4.